The number of rotatable bonds is 3. The number of piperidine rings is 1. The van der Waals surface area contributed by atoms with Crippen molar-refractivity contribution in [1.29, 1.82) is 0 Å². The lowest BCUT2D eigenvalue weighted by Gasteiger charge is -2.33. The Labute approximate surface area is 118 Å². The number of carbonyl (C=O) groups is 2. The summed E-state index contributed by atoms with van der Waals surface area (Å²) in [5.74, 6) is 0.0148. The largest absolute Gasteiger partial charge is 0.450 e. The maximum atomic E-state index is 12.3. The molecule has 1 aromatic carbocycles. The van der Waals surface area contributed by atoms with Crippen molar-refractivity contribution in [3.05, 3.63) is 35.9 Å². The highest BCUT2D eigenvalue weighted by molar-refractivity contribution is 5.94. The number of likely N-dealkylation sites (tertiary alicyclic amines) is 1. The van der Waals surface area contributed by atoms with Gasteiger partial charge in [-0.2, -0.15) is 0 Å². The Morgan fingerprint density at radius 3 is 2.80 bits per heavy atom. The minimum absolute atomic E-state index is 0.0148. The van der Waals surface area contributed by atoms with Gasteiger partial charge in [0.25, 0.3) is 5.91 Å². The quantitative estimate of drug-likeness (QED) is 0.919. The average molecular weight is 276 g/mol. The lowest BCUT2D eigenvalue weighted by atomic mass is 10.0. The molecule has 5 heteroatoms. The molecule has 1 aliphatic heterocycles. The first-order valence-corrected chi connectivity index (χ1v) is 6.98. The molecule has 1 unspecified atom stereocenters. The Morgan fingerprint density at radius 2 is 2.10 bits per heavy atom. The molecule has 0 radical (unpaired) electrons. The number of ether oxygens (including phenoxy) is 1. The number of carbonyl (C=O) groups excluding carboxylic acids is 2. The Bertz CT molecular complexity index is 461. The smallest absolute Gasteiger partial charge is 0.407 e. The normalized spacial score (nSPS) is 18.4. The van der Waals surface area contributed by atoms with Gasteiger partial charge in [-0.25, -0.2) is 4.79 Å². The van der Waals surface area contributed by atoms with E-state index in [0.29, 0.717) is 18.7 Å². The zero-order valence-electron chi connectivity index (χ0n) is 11.7. The molecule has 0 aliphatic carbocycles. The summed E-state index contributed by atoms with van der Waals surface area (Å²) in [7, 11) is 0. The third kappa shape index (κ3) is 3.73. The van der Waals surface area contributed by atoms with Gasteiger partial charge in [-0.3, -0.25) is 4.79 Å². The molecule has 0 saturated carbocycles. The predicted octanol–water partition coefficient (Wildman–Crippen LogP) is 2.04. The summed E-state index contributed by atoms with van der Waals surface area (Å²) >= 11 is 0. The van der Waals surface area contributed by atoms with E-state index in [1.165, 1.54) is 0 Å². The molecule has 1 aromatic rings. The van der Waals surface area contributed by atoms with Crippen LogP contribution in [0.4, 0.5) is 4.79 Å². The van der Waals surface area contributed by atoms with E-state index in [-0.39, 0.29) is 11.9 Å². The summed E-state index contributed by atoms with van der Waals surface area (Å²) in [6.45, 7) is 3.39. The van der Waals surface area contributed by atoms with Gasteiger partial charge in [0.1, 0.15) is 0 Å². The van der Waals surface area contributed by atoms with Crippen LogP contribution in [0.3, 0.4) is 0 Å². The van der Waals surface area contributed by atoms with Crippen LogP contribution in [0, 0.1) is 0 Å². The number of nitrogens with zero attached hydrogens (tertiary/aromatic N) is 1. The van der Waals surface area contributed by atoms with Crippen molar-refractivity contribution in [2.24, 2.45) is 0 Å². The van der Waals surface area contributed by atoms with Gasteiger partial charge in [-0.1, -0.05) is 18.2 Å². The van der Waals surface area contributed by atoms with Crippen LogP contribution in [0.5, 0.6) is 0 Å². The van der Waals surface area contributed by atoms with E-state index in [0.717, 1.165) is 19.4 Å². The molecule has 1 atom stereocenters. The van der Waals surface area contributed by atoms with E-state index in [9.17, 15) is 9.59 Å². The first-order chi connectivity index (χ1) is 9.70. The average Bonchev–Trinajstić information content (AvgIpc) is 2.48. The predicted molar refractivity (Wildman–Crippen MR) is 75.5 cm³/mol. The summed E-state index contributed by atoms with van der Waals surface area (Å²) in [6, 6.07) is 9.18. The molecule has 2 amide bonds. The summed E-state index contributed by atoms with van der Waals surface area (Å²) in [5.41, 5.74) is 0.685. The fraction of sp³-hybridized carbons (Fsp3) is 0.467. The molecule has 0 aromatic heterocycles. The maximum Gasteiger partial charge on any atom is 0.407 e. The van der Waals surface area contributed by atoms with Crippen LogP contribution >= 0.6 is 0 Å². The molecule has 1 saturated heterocycles. The molecular formula is C15H20N2O3. The van der Waals surface area contributed by atoms with Crippen LogP contribution in [0.2, 0.25) is 0 Å². The molecule has 108 valence electrons. The van der Waals surface area contributed by atoms with Gasteiger partial charge in [-0.05, 0) is 31.9 Å². The van der Waals surface area contributed by atoms with Crippen LogP contribution in [-0.4, -0.2) is 42.6 Å². The zero-order valence-corrected chi connectivity index (χ0v) is 11.7. The highest BCUT2D eigenvalue weighted by Gasteiger charge is 2.25. The topological polar surface area (TPSA) is 58.6 Å². The molecule has 0 bridgehead atoms. The van der Waals surface area contributed by atoms with E-state index in [2.05, 4.69) is 5.32 Å². The first kappa shape index (κ1) is 14.4. The molecule has 5 nitrogen and oxygen atoms in total. The van der Waals surface area contributed by atoms with Crippen molar-refractivity contribution >= 4 is 12.0 Å². The molecule has 0 spiro atoms. The van der Waals surface area contributed by atoms with E-state index in [1.807, 2.05) is 30.3 Å². The first-order valence-electron chi connectivity index (χ1n) is 6.98. The summed E-state index contributed by atoms with van der Waals surface area (Å²) in [4.78, 5) is 25.5. The van der Waals surface area contributed by atoms with E-state index < -0.39 is 6.09 Å². The molecule has 1 N–H and O–H groups in total. The minimum atomic E-state index is -0.411. The zero-order chi connectivity index (χ0) is 14.4. The van der Waals surface area contributed by atoms with Gasteiger partial charge >= 0.3 is 6.09 Å². The number of nitrogens with one attached hydrogen (secondary N) is 1. The maximum absolute atomic E-state index is 12.3. The summed E-state index contributed by atoms with van der Waals surface area (Å²) < 4.78 is 4.87. The number of amides is 2. The Morgan fingerprint density at radius 1 is 1.35 bits per heavy atom. The van der Waals surface area contributed by atoms with Crippen molar-refractivity contribution in [2.45, 2.75) is 25.8 Å². The van der Waals surface area contributed by atoms with Gasteiger partial charge < -0.3 is 15.0 Å². The number of hydrogen-bond acceptors (Lipinski definition) is 3. The molecule has 20 heavy (non-hydrogen) atoms. The molecular weight excluding hydrogens is 256 g/mol. The third-order valence-electron chi connectivity index (χ3n) is 3.33. The van der Waals surface area contributed by atoms with Crippen molar-refractivity contribution in [1.82, 2.24) is 10.2 Å². The SMILES string of the molecule is CCOC(=O)NC1CCCN(C(=O)c2ccccc2)C1. The van der Waals surface area contributed by atoms with Gasteiger partial charge in [0.15, 0.2) is 0 Å². The van der Waals surface area contributed by atoms with Crippen LogP contribution in [0.25, 0.3) is 0 Å². The Kier molecular flexibility index (Phi) is 4.98. The lowest BCUT2D eigenvalue weighted by molar-refractivity contribution is 0.0686. The molecule has 1 fully saturated rings. The van der Waals surface area contributed by atoms with Crippen molar-refractivity contribution in [3.63, 3.8) is 0 Å². The second-order valence-electron chi connectivity index (χ2n) is 4.82. The standard InChI is InChI=1S/C15H20N2O3/c1-2-20-15(19)16-13-9-6-10-17(11-13)14(18)12-7-4-3-5-8-12/h3-5,7-8,13H,2,6,9-11H2,1H3,(H,16,19). The van der Waals surface area contributed by atoms with Crippen molar-refractivity contribution in [2.75, 3.05) is 19.7 Å². The lowest BCUT2D eigenvalue weighted by Crippen LogP contribution is -2.49. The fourth-order valence-electron chi connectivity index (χ4n) is 2.38. The molecule has 1 heterocycles. The van der Waals surface area contributed by atoms with E-state index in [1.54, 1.807) is 11.8 Å². The molecule has 2 rings (SSSR count). The Balaban J connectivity index is 1.93. The van der Waals surface area contributed by atoms with Crippen molar-refractivity contribution < 1.29 is 14.3 Å². The van der Waals surface area contributed by atoms with Gasteiger partial charge in [0.05, 0.1) is 6.61 Å². The van der Waals surface area contributed by atoms with Gasteiger partial charge in [0, 0.05) is 24.7 Å². The van der Waals surface area contributed by atoms with Crippen LogP contribution in [0.15, 0.2) is 30.3 Å². The second-order valence-corrected chi connectivity index (χ2v) is 4.82. The van der Waals surface area contributed by atoms with Crippen LogP contribution in [0.1, 0.15) is 30.1 Å². The third-order valence-corrected chi connectivity index (χ3v) is 3.33. The van der Waals surface area contributed by atoms with Gasteiger partial charge in [0.2, 0.25) is 0 Å². The molecule has 1 aliphatic rings. The summed E-state index contributed by atoms with van der Waals surface area (Å²) in [6.07, 6.45) is 1.35. The van der Waals surface area contributed by atoms with Crippen molar-refractivity contribution in [3.8, 4) is 0 Å². The summed E-state index contributed by atoms with van der Waals surface area (Å²) in [5, 5.41) is 2.80. The van der Waals surface area contributed by atoms with Gasteiger partial charge in [-0.15, -0.1) is 0 Å². The van der Waals surface area contributed by atoms with E-state index in [4.69, 9.17) is 4.74 Å². The fourth-order valence-corrected chi connectivity index (χ4v) is 2.38. The number of benzene rings is 1. The highest BCUT2D eigenvalue weighted by atomic mass is 16.5. The van der Waals surface area contributed by atoms with E-state index >= 15 is 0 Å². The second kappa shape index (κ2) is 6.93. The number of hydrogen-bond donors (Lipinski definition) is 1. The van der Waals surface area contributed by atoms with Crippen LogP contribution in [-0.2, 0) is 4.74 Å². The van der Waals surface area contributed by atoms with Crippen LogP contribution < -0.4 is 5.32 Å². The minimum Gasteiger partial charge on any atom is -0.450 e. The highest BCUT2D eigenvalue weighted by Crippen LogP contribution is 2.14. The Hall–Kier alpha value is -2.04. The monoisotopic (exact) mass is 276 g/mol. The number of alkyl carbamates (subject to hydrolysis) is 1.